The van der Waals surface area contributed by atoms with Gasteiger partial charge in [0, 0.05) is 0 Å². The highest BCUT2D eigenvalue weighted by Crippen LogP contribution is 2.36. The summed E-state index contributed by atoms with van der Waals surface area (Å²) in [5, 5.41) is 0. The van der Waals surface area contributed by atoms with Crippen LogP contribution in [0.3, 0.4) is 0 Å². The van der Waals surface area contributed by atoms with Crippen molar-refractivity contribution < 1.29 is 0 Å². The summed E-state index contributed by atoms with van der Waals surface area (Å²) in [5.74, 6) is 2.55. The third-order valence-corrected chi connectivity index (χ3v) is 2.88. The molecule has 0 aromatic rings. The van der Waals surface area contributed by atoms with Crippen molar-refractivity contribution in [3.8, 4) is 0 Å². The first-order valence-electron chi connectivity index (χ1n) is 4.45. The molecule has 1 heteroatoms. The monoisotopic (exact) mass is 141 g/mol. The van der Waals surface area contributed by atoms with Gasteiger partial charge in [-0.2, -0.15) is 0 Å². The maximum atomic E-state index is 5.68. The van der Waals surface area contributed by atoms with Gasteiger partial charge in [0.2, 0.25) is 0 Å². The van der Waals surface area contributed by atoms with E-state index in [1.165, 1.54) is 19.3 Å². The van der Waals surface area contributed by atoms with Gasteiger partial charge in [0.15, 0.2) is 0 Å². The lowest BCUT2D eigenvalue weighted by Crippen LogP contribution is -2.32. The van der Waals surface area contributed by atoms with Crippen molar-refractivity contribution in [2.45, 2.75) is 33.1 Å². The number of nitrogens with two attached hydrogens (primary N) is 1. The number of rotatable bonds is 3. The van der Waals surface area contributed by atoms with Gasteiger partial charge in [0.1, 0.15) is 0 Å². The van der Waals surface area contributed by atoms with Gasteiger partial charge < -0.3 is 5.73 Å². The SMILES string of the molecule is CC(C)[C@@H](CN)C1CCC1. The van der Waals surface area contributed by atoms with Crippen LogP contribution in [0.2, 0.25) is 0 Å². The molecule has 0 radical (unpaired) electrons. The average Bonchev–Trinajstić information content (AvgIpc) is 1.76. The summed E-state index contributed by atoms with van der Waals surface area (Å²) in [7, 11) is 0. The fourth-order valence-electron chi connectivity index (χ4n) is 1.88. The minimum atomic E-state index is 0.787. The van der Waals surface area contributed by atoms with E-state index in [2.05, 4.69) is 13.8 Å². The van der Waals surface area contributed by atoms with Gasteiger partial charge in [-0.05, 0) is 24.3 Å². The van der Waals surface area contributed by atoms with Gasteiger partial charge in [-0.3, -0.25) is 0 Å². The largest absolute Gasteiger partial charge is 0.330 e. The van der Waals surface area contributed by atoms with E-state index >= 15 is 0 Å². The quantitative estimate of drug-likeness (QED) is 0.639. The molecule has 1 saturated carbocycles. The smallest absolute Gasteiger partial charge is 0.00438 e. The van der Waals surface area contributed by atoms with Crippen LogP contribution < -0.4 is 5.73 Å². The maximum absolute atomic E-state index is 5.68. The third-order valence-electron chi connectivity index (χ3n) is 2.88. The Hall–Kier alpha value is -0.0400. The summed E-state index contributed by atoms with van der Waals surface area (Å²) in [5.41, 5.74) is 5.68. The van der Waals surface area contributed by atoms with Crippen LogP contribution in [0.5, 0.6) is 0 Å². The van der Waals surface area contributed by atoms with Crippen LogP contribution in [0.25, 0.3) is 0 Å². The van der Waals surface area contributed by atoms with E-state index in [0.717, 1.165) is 24.3 Å². The highest BCUT2D eigenvalue weighted by Gasteiger charge is 2.27. The van der Waals surface area contributed by atoms with Gasteiger partial charge in [-0.15, -0.1) is 0 Å². The Balaban J connectivity index is 2.31. The van der Waals surface area contributed by atoms with Crippen molar-refractivity contribution in [2.75, 3.05) is 6.54 Å². The van der Waals surface area contributed by atoms with Crippen LogP contribution in [0.15, 0.2) is 0 Å². The molecule has 0 aromatic heterocycles. The van der Waals surface area contributed by atoms with Crippen molar-refractivity contribution in [1.82, 2.24) is 0 Å². The van der Waals surface area contributed by atoms with E-state index in [1.807, 2.05) is 0 Å². The molecule has 60 valence electrons. The molecular formula is C9H19N. The predicted octanol–water partition coefficient (Wildman–Crippen LogP) is 2.02. The molecule has 0 spiro atoms. The molecule has 0 amide bonds. The second-order valence-electron chi connectivity index (χ2n) is 3.83. The lowest BCUT2D eigenvalue weighted by Gasteiger charge is -2.35. The fourth-order valence-corrected chi connectivity index (χ4v) is 1.88. The molecule has 1 aliphatic rings. The van der Waals surface area contributed by atoms with E-state index in [0.29, 0.717) is 0 Å². The molecule has 1 atom stereocenters. The minimum absolute atomic E-state index is 0.787. The van der Waals surface area contributed by atoms with Crippen molar-refractivity contribution in [1.29, 1.82) is 0 Å². The average molecular weight is 141 g/mol. The second kappa shape index (κ2) is 3.38. The first-order chi connectivity index (χ1) is 4.75. The lowest BCUT2D eigenvalue weighted by molar-refractivity contribution is 0.166. The normalized spacial score (nSPS) is 22.8. The first-order valence-corrected chi connectivity index (χ1v) is 4.45. The van der Waals surface area contributed by atoms with E-state index in [9.17, 15) is 0 Å². The molecular weight excluding hydrogens is 122 g/mol. The van der Waals surface area contributed by atoms with Crippen molar-refractivity contribution in [2.24, 2.45) is 23.5 Å². The Labute approximate surface area is 64.0 Å². The summed E-state index contributed by atoms with van der Waals surface area (Å²) >= 11 is 0. The Morgan fingerprint density at radius 3 is 2.10 bits per heavy atom. The number of hydrogen-bond donors (Lipinski definition) is 1. The molecule has 1 fully saturated rings. The van der Waals surface area contributed by atoms with Crippen LogP contribution in [0.1, 0.15) is 33.1 Å². The highest BCUT2D eigenvalue weighted by molar-refractivity contribution is 4.79. The highest BCUT2D eigenvalue weighted by atomic mass is 14.6. The molecule has 1 rings (SSSR count). The Bertz CT molecular complexity index is 94.9. The topological polar surface area (TPSA) is 26.0 Å². The van der Waals surface area contributed by atoms with Gasteiger partial charge in [-0.25, -0.2) is 0 Å². The molecule has 0 bridgehead atoms. The Kier molecular flexibility index (Phi) is 2.72. The second-order valence-corrected chi connectivity index (χ2v) is 3.83. The molecule has 10 heavy (non-hydrogen) atoms. The van der Waals surface area contributed by atoms with Crippen LogP contribution in [-0.4, -0.2) is 6.54 Å². The first kappa shape index (κ1) is 8.06. The standard InChI is InChI=1S/C9H19N/c1-7(2)9(6-10)8-4-3-5-8/h7-9H,3-6,10H2,1-2H3/t9-/m1/s1. The summed E-state index contributed by atoms with van der Waals surface area (Å²) in [4.78, 5) is 0. The zero-order valence-electron chi connectivity index (χ0n) is 7.14. The minimum Gasteiger partial charge on any atom is -0.330 e. The lowest BCUT2D eigenvalue weighted by atomic mass is 9.71. The van der Waals surface area contributed by atoms with Gasteiger partial charge in [0.05, 0.1) is 0 Å². The molecule has 0 aliphatic heterocycles. The maximum Gasteiger partial charge on any atom is -0.00438 e. The molecule has 0 unspecified atom stereocenters. The molecule has 0 heterocycles. The molecule has 1 nitrogen and oxygen atoms in total. The third kappa shape index (κ3) is 1.51. The zero-order valence-corrected chi connectivity index (χ0v) is 7.14. The molecule has 2 N–H and O–H groups in total. The molecule has 0 aromatic carbocycles. The predicted molar refractivity (Wildman–Crippen MR) is 44.7 cm³/mol. The van der Waals surface area contributed by atoms with Crippen molar-refractivity contribution in [3.05, 3.63) is 0 Å². The van der Waals surface area contributed by atoms with Crippen molar-refractivity contribution >= 4 is 0 Å². The summed E-state index contributed by atoms with van der Waals surface area (Å²) in [6.45, 7) is 5.47. The van der Waals surface area contributed by atoms with Crippen LogP contribution in [-0.2, 0) is 0 Å². The van der Waals surface area contributed by atoms with E-state index in [1.54, 1.807) is 0 Å². The summed E-state index contributed by atoms with van der Waals surface area (Å²) < 4.78 is 0. The fraction of sp³-hybridized carbons (Fsp3) is 1.00. The molecule has 1 aliphatic carbocycles. The van der Waals surface area contributed by atoms with Crippen LogP contribution >= 0.6 is 0 Å². The van der Waals surface area contributed by atoms with Crippen LogP contribution in [0.4, 0.5) is 0 Å². The van der Waals surface area contributed by atoms with Gasteiger partial charge in [-0.1, -0.05) is 33.1 Å². The van der Waals surface area contributed by atoms with E-state index in [-0.39, 0.29) is 0 Å². The van der Waals surface area contributed by atoms with Crippen molar-refractivity contribution in [3.63, 3.8) is 0 Å². The molecule has 0 saturated heterocycles. The van der Waals surface area contributed by atoms with E-state index in [4.69, 9.17) is 5.73 Å². The van der Waals surface area contributed by atoms with Gasteiger partial charge >= 0.3 is 0 Å². The Morgan fingerprint density at radius 2 is 2.00 bits per heavy atom. The van der Waals surface area contributed by atoms with Crippen LogP contribution in [0, 0.1) is 17.8 Å². The summed E-state index contributed by atoms with van der Waals surface area (Å²) in [6.07, 6.45) is 4.30. The zero-order chi connectivity index (χ0) is 7.56. The number of hydrogen-bond acceptors (Lipinski definition) is 1. The van der Waals surface area contributed by atoms with Gasteiger partial charge in [0.25, 0.3) is 0 Å². The Morgan fingerprint density at radius 1 is 1.40 bits per heavy atom. The summed E-state index contributed by atoms with van der Waals surface area (Å²) in [6, 6.07) is 0. The van der Waals surface area contributed by atoms with E-state index < -0.39 is 0 Å².